The van der Waals surface area contributed by atoms with Gasteiger partial charge in [-0.05, 0) is 38.8 Å². The molecule has 0 radical (unpaired) electrons. The van der Waals surface area contributed by atoms with Crippen LogP contribution in [0.25, 0.3) is 10.9 Å². The standard InChI is InChI=1S/C19H21Cl2FN6O2/c1-19(2,3)30-18(29)27-8-5-11(10-27)28(7-4-6-23)16-12-9-24-15(20)13(22)14(12)25-17(21)26-16/h9,11H,4-5,7-8,10H2,1-3H3/t11-/m1/s1. The molecule has 2 aromatic heterocycles. The number of nitrogens with zero attached hydrogens (tertiary/aromatic N) is 6. The average Bonchev–Trinajstić information content (AvgIpc) is 3.14. The van der Waals surface area contributed by atoms with Crippen molar-refractivity contribution in [3.8, 4) is 6.07 Å². The highest BCUT2D eigenvalue weighted by atomic mass is 35.5. The van der Waals surface area contributed by atoms with Gasteiger partial charge in [0.25, 0.3) is 0 Å². The van der Waals surface area contributed by atoms with E-state index in [0.29, 0.717) is 37.3 Å². The van der Waals surface area contributed by atoms with Crippen LogP contribution in [0, 0.1) is 17.1 Å². The van der Waals surface area contributed by atoms with Gasteiger partial charge in [-0.2, -0.15) is 10.2 Å². The molecule has 3 heterocycles. The largest absolute Gasteiger partial charge is 0.444 e. The van der Waals surface area contributed by atoms with E-state index in [1.165, 1.54) is 6.20 Å². The summed E-state index contributed by atoms with van der Waals surface area (Å²) in [4.78, 5) is 28.0. The second-order valence-corrected chi connectivity index (χ2v) is 8.61. The van der Waals surface area contributed by atoms with Gasteiger partial charge in [-0.15, -0.1) is 0 Å². The van der Waals surface area contributed by atoms with Gasteiger partial charge in [0, 0.05) is 31.9 Å². The number of carbonyl (C=O) groups excluding carboxylic acids is 1. The molecule has 11 heteroatoms. The molecule has 0 unspecified atom stereocenters. The van der Waals surface area contributed by atoms with E-state index >= 15 is 0 Å². The minimum atomic E-state index is -0.790. The predicted octanol–water partition coefficient (Wildman–Crippen LogP) is 4.20. The van der Waals surface area contributed by atoms with Crippen molar-refractivity contribution in [1.29, 1.82) is 5.26 Å². The molecule has 1 aliphatic rings. The number of hydrogen-bond donors (Lipinski definition) is 0. The summed E-state index contributed by atoms with van der Waals surface area (Å²) in [7, 11) is 0. The Morgan fingerprint density at radius 1 is 1.43 bits per heavy atom. The maximum Gasteiger partial charge on any atom is 0.410 e. The highest BCUT2D eigenvalue weighted by Gasteiger charge is 2.34. The van der Waals surface area contributed by atoms with Crippen LogP contribution in [-0.4, -0.2) is 57.2 Å². The second kappa shape index (κ2) is 8.74. The molecule has 1 atom stereocenters. The van der Waals surface area contributed by atoms with Gasteiger partial charge in [0.2, 0.25) is 5.28 Å². The fraction of sp³-hybridized carbons (Fsp3) is 0.526. The molecular formula is C19H21Cl2FN6O2. The molecule has 8 nitrogen and oxygen atoms in total. The van der Waals surface area contributed by atoms with Crippen molar-refractivity contribution in [2.24, 2.45) is 0 Å². The van der Waals surface area contributed by atoms with Crippen LogP contribution in [0.1, 0.15) is 33.6 Å². The van der Waals surface area contributed by atoms with Gasteiger partial charge in [-0.1, -0.05) is 11.6 Å². The van der Waals surface area contributed by atoms with Gasteiger partial charge < -0.3 is 14.5 Å². The van der Waals surface area contributed by atoms with Gasteiger partial charge in [0.1, 0.15) is 16.9 Å². The number of rotatable bonds is 4. The highest BCUT2D eigenvalue weighted by molar-refractivity contribution is 6.30. The number of hydrogen-bond acceptors (Lipinski definition) is 7. The maximum atomic E-state index is 14.5. The van der Waals surface area contributed by atoms with Crippen molar-refractivity contribution in [2.75, 3.05) is 24.5 Å². The molecule has 0 spiro atoms. The second-order valence-electron chi connectivity index (χ2n) is 7.91. The number of carbonyl (C=O) groups is 1. The Morgan fingerprint density at radius 2 is 2.17 bits per heavy atom. The third-order valence-electron chi connectivity index (χ3n) is 4.59. The number of anilines is 1. The SMILES string of the molecule is CC(C)(C)OC(=O)N1CC[C@@H](N(CCC#N)c2nc(Cl)nc3c(F)c(Cl)ncc23)C1. The number of amides is 1. The van der Waals surface area contributed by atoms with Crippen molar-refractivity contribution >= 4 is 46.0 Å². The summed E-state index contributed by atoms with van der Waals surface area (Å²) >= 11 is 11.8. The molecule has 1 aliphatic heterocycles. The minimum absolute atomic E-state index is 0.0473. The van der Waals surface area contributed by atoms with E-state index in [1.54, 1.807) is 25.7 Å². The number of pyridine rings is 1. The first-order chi connectivity index (χ1) is 14.1. The lowest BCUT2D eigenvalue weighted by atomic mass is 10.2. The average molecular weight is 455 g/mol. The summed E-state index contributed by atoms with van der Waals surface area (Å²) in [5.41, 5.74) is -0.650. The molecule has 0 bridgehead atoms. The molecule has 0 N–H and O–H groups in total. The van der Waals surface area contributed by atoms with E-state index in [1.807, 2.05) is 4.90 Å². The Kier molecular flexibility index (Phi) is 6.48. The van der Waals surface area contributed by atoms with E-state index in [0.717, 1.165) is 0 Å². The first-order valence-electron chi connectivity index (χ1n) is 9.39. The molecular weight excluding hydrogens is 434 g/mol. The van der Waals surface area contributed by atoms with E-state index in [9.17, 15) is 9.18 Å². The Hall–Kier alpha value is -2.44. The van der Waals surface area contributed by atoms with E-state index < -0.39 is 17.5 Å². The Bertz CT molecular complexity index is 1010. The zero-order valence-electron chi connectivity index (χ0n) is 16.8. The van der Waals surface area contributed by atoms with Crippen LogP contribution in [0.4, 0.5) is 15.0 Å². The molecule has 3 rings (SSSR count). The van der Waals surface area contributed by atoms with Crippen LogP contribution < -0.4 is 4.90 Å². The van der Waals surface area contributed by atoms with Crippen LogP contribution in [0.3, 0.4) is 0 Å². The smallest absolute Gasteiger partial charge is 0.410 e. The summed E-state index contributed by atoms with van der Waals surface area (Å²) in [6, 6.07) is 1.94. The third-order valence-corrected chi connectivity index (χ3v) is 5.02. The molecule has 2 aromatic rings. The van der Waals surface area contributed by atoms with Crippen LogP contribution in [-0.2, 0) is 4.74 Å². The molecule has 0 aromatic carbocycles. The summed E-state index contributed by atoms with van der Waals surface area (Å²) in [6.07, 6.45) is 1.80. The van der Waals surface area contributed by atoms with E-state index in [-0.39, 0.29) is 28.4 Å². The van der Waals surface area contributed by atoms with Crippen molar-refractivity contribution in [3.63, 3.8) is 0 Å². The zero-order chi connectivity index (χ0) is 22.1. The molecule has 1 fully saturated rings. The number of nitriles is 1. The first-order valence-corrected chi connectivity index (χ1v) is 10.1. The Balaban J connectivity index is 1.96. The summed E-state index contributed by atoms with van der Waals surface area (Å²) in [6.45, 7) is 6.58. The summed E-state index contributed by atoms with van der Waals surface area (Å²) in [5.74, 6) is -0.443. The monoisotopic (exact) mass is 454 g/mol. The lowest BCUT2D eigenvalue weighted by Gasteiger charge is -2.30. The van der Waals surface area contributed by atoms with Gasteiger partial charge in [0.05, 0.1) is 17.9 Å². The predicted molar refractivity (Wildman–Crippen MR) is 111 cm³/mol. The maximum absolute atomic E-state index is 14.5. The van der Waals surface area contributed by atoms with E-state index in [4.69, 9.17) is 33.2 Å². The molecule has 160 valence electrons. The van der Waals surface area contributed by atoms with Crippen LogP contribution >= 0.6 is 23.2 Å². The molecule has 1 amide bonds. The normalized spacial score (nSPS) is 16.6. The number of halogens is 3. The Morgan fingerprint density at radius 3 is 2.83 bits per heavy atom. The summed E-state index contributed by atoms with van der Waals surface area (Å²) in [5, 5.41) is 8.97. The fourth-order valence-corrected chi connectivity index (χ4v) is 3.63. The molecule has 0 aliphatic carbocycles. The number of ether oxygens (including phenoxy) is 1. The highest BCUT2D eigenvalue weighted by Crippen LogP contribution is 2.32. The third kappa shape index (κ3) is 4.82. The van der Waals surface area contributed by atoms with Crippen LogP contribution in [0.15, 0.2) is 6.20 Å². The fourth-order valence-electron chi connectivity index (χ4n) is 3.33. The molecule has 30 heavy (non-hydrogen) atoms. The van der Waals surface area contributed by atoms with Gasteiger partial charge in [-0.25, -0.2) is 19.2 Å². The Labute approximate surface area is 183 Å². The van der Waals surface area contributed by atoms with Crippen LogP contribution in [0.2, 0.25) is 10.4 Å². The van der Waals surface area contributed by atoms with Gasteiger partial charge >= 0.3 is 6.09 Å². The number of likely N-dealkylation sites (tertiary alicyclic amines) is 1. The summed E-state index contributed by atoms with van der Waals surface area (Å²) < 4.78 is 19.9. The zero-order valence-corrected chi connectivity index (χ0v) is 18.3. The van der Waals surface area contributed by atoms with Crippen molar-refractivity contribution in [1.82, 2.24) is 19.9 Å². The minimum Gasteiger partial charge on any atom is -0.444 e. The van der Waals surface area contributed by atoms with E-state index in [2.05, 4.69) is 21.0 Å². The van der Waals surface area contributed by atoms with Crippen LogP contribution in [0.5, 0.6) is 0 Å². The molecule has 1 saturated heterocycles. The van der Waals surface area contributed by atoms with Gasteiger partial charge in [0.15, 0.2) is 11.0 Å². The van der Waals surface area contributed by atoms with Crippen molar-refractivity contribution in [2.45, 2.75) is 45.3 Å². The van der Waals surface area contributed by atoms with Crippen molar-refractivity contribution in [3.05, 3.63) is 22.5 Å². The quantitative estimate of drug-likeness (QED) is 0.504. The van der Waals surface area contributed by atoms with Gasteiger partial charge in [-0.3, -0.25) is 0 Å². The number of aromatic nitrogens is 3. The lowest BCUT2D eigenvalue weighted by Crippen LogP contribution is -2.41. The topological polar surface area (TPSA) is 95.2 Å². The molecule has 0 saturated carbocycles. The number of fused-ring (bicyclic) bond motifs is 1. The first kappa shape index (κ1) is 22.2. The lowest BCUT2D eigenvalue weighted by molar-refractivity contribution is 0.0292. The van der Waals surface area contributed by atoms with Crippen molar-refractivity contribution < 1.29 is 13.9 Å².